The number of pyridine rings is 1. The van der Waals surface area contributed by atoms with Crippen molar-refractivity contribution in [1.82, 2.24) is 4.98 Å². The van der Waals surface area contributed by atoms with E-state index in [-0.39, 0.29) is 5.78 Å². The monoisotopic (exact) mass is 240 g/mol. The highest BCUT2D eigenvalue weighted by Crippen LogP contribution is 2.22. The first-order chi connectivity index (χ1) is 8.72. The molecule has 0 aliphatic rings. The summed E-state index contributed by atoms with van der Waals surface area (Å²) >= 11 is 0. The van der Waals surface area contributed by atoms with Gasteiger partial charge in [-0.3, -0.25) is 14.6 Å². The third kappa shape index (κ3) is 2.41. The molecule has 0 saturated heterocycles. The van der Waals surface area contributed by atoms with Crippen LogP contribution in [0.4, 0.5) is 4.39 Å². The van der Waals surface area contributed by atoms with E-state index in [1.54, 1.807) is 12.1 Å². The summed E-state index contributed by atoms with van der Waals surface area (Å²) in [4.78, 5) is 19.3. The van der Waals surface area contributed by atoms with Crippen molar-refractivity contribution in [1.29, 1.82) is 0 Å². The largest absolute Gasteiger partial charge is 0.310 e. The maximum Gasteiger partial charge on any atom is 0.310 e. The minimum absolute atomic E-state index is 0.328. The molecule has 3 nitrogen and oxygen atoms in total. The number of hydrogen-bond acceptors (Lipinski definition) is 2. The number of carbonyl (C=O) groups excluding carboxylic acids is 1. The summed E-state index contributed by atoms with van der Waals surface area (Å²) in [5, 5.41) is 0. The van der Waals surface area contributed by atoms with E-state index in [0.29, 0.717) is 11.1 Å². The van der Waals surface area contributed by atoms with E-state index >= 15 is 0 Å². The summed E-state index contributed by atoms with van der Waals surface area (Å²) in [7, 11) is 0. The number of ketones is 1. The summed E-state index contributed by atoms with van der Waals surface area (Å²) in [5.74, 6) is -0.744. The molecule has 0 spiro atoms. The van der Waals surface area contributed by atoms with Crippen LogP contribution in [-0.2, 0) is 0 Å². The number of nitrogens with zero attached hydrogens (tertiary/aromatic N) is 2. The van der Waals surface area contributed by atoms with Crippen LogP contribution in [0.3, 0.4) is 0 Å². The van der Waals surface area contributed by atoms with Crippen molar-refractivity contribution in [3.05, 3.63) is 77.2 Å². The average Bonchev–Trinajstić information content (AvgIpc) is 2.41. The van der Waals surface area contributed by atoms with Crippen molar-refractivity contribution in [2.75, 3.05) is 0 Å². The van der Waals surface area contributed by atoms with Gasteiger partial charge in [0.1, 0.15) is 5.82 Å². The van der Waals surface area contributed by atoms with Crippen LogP contribution >= 0.6 is 0 Å². The van der Waals surface area contributed by atoms with Gasteiger partial charge >= 0.3 is 6.04 Å². The first-order valence-corrected chi connectivity index (χ1v) is 5.28. The maximum absolute atomic E-state index is 12.8. The first-order valence-electron chi connectivity index (χ1n) is 5.28. The van der Waals surface area contributed by atoms with E-state index in [2.05, 4.69) is 9.83 Å². The molecule has 1 atom stereocenters. The van der Waals surface area contributed by atoms with E-state index in [1.807, 2.05) is 0 Å². The third-order valence-corrected chi connectivity index (χ3v) is 2.53. The van der Waals surface area contributed by atoms with Gasteiger partial charge in [-0.2, -0.15) is 0 Å². The zero-order chi connectivity index (χ0) is 13.0. The Morgan fingerprint density at radius 2 is 1.78 bits per heavy atom. The molecule has 2 rings (SSSR count). The molecule has 2 aromatic rings. The Kier molecular flexibility index (Phi) is 3.44. The van der Waals surface area contributed by atoms with Crippen molar-refractivity contribution in [2.45, 2.75) is 6.04 Å². The molecule has 0 fully saturated rings. The number of Topliss-reactive ketones (excluding diaryl/α,β-unsaturated/α-hetero) is 1. The fourth-order valence-corrected chi connectivity index (χ4v) is 1.60. The minimum Gasteiger partial charge on any atom is -0.300 e. The minimum atomic E-state index is -0.904. The van der Waals surface area contributed by atoms with E-state index in [9.17, 15) is 9.18 Å². The van der Waals surface area contributed by atoms with Crippen LogP contribution in [0.25, 0.3) is 4.85 Å². The smallest absolute Gasteiger partial charge is 0.300 e. The Morgan fingerprint density at radius 3 is 2.33 bits per heavy atom. The molecule has 0 saturated carbocycles. The lowest BCUT2D eigenvalue weighted by molar-refractivity contribution is 0.0975. The standard InChI is InChI=1S/C14H9FN2O/c1-16-13(10-6-8-17-9-7-10)14(18)11-2-4-12(15)5-3-11/h2-9,13H. The molecule has 0 N–H and O–H groups in total. The fraction of sp³-hybridized carbons (Fsp3) is 0.0714. The molecular weight excluding hydrogens is 231 g/mol. The van der Waals surface area contributed by atoms with Crippen molar-refractivity contribution in [2.24, 2.45) is 0 Å². The topological polar surface area (TPSA) is 34.3 Å². The van der Waals surface area contributed by atoms with E-state index < -0.39 is 11.9 Å². The summed E-state index contributed by atoms with van der Waals surface area (Å²) in [6.07, 6.45) is 3.07. The number of halogens is 1. The zero-order valence-electron chi connectivity index (χ0n) is 9.38. The molecule has 0 aliphatic carbocycles. The number of aromatic nitrogens is 1. The molecule has 1 heterocycles. The molecule has 0 aliphatic heterocycles. The van der Waals surface area contributed by atoms with Crippen molar-refractivity contribution in [3.63, 3.8) is 0 Å². The molecule has 18 heavy (non-hydrogen) atoms. The van der Waals surface area contributed by atoms with Crippen molar-refractivity contribution in [3.8, 4) is 0 Å². The van der Waals surface area contributed by atoms with E-state index in [0.717, 1.165) is 0 Å². The van der Waals surface area contributed by atoms with Crippen LogP contribution in [0.15, 0.2) is 48.8 Å². The van der Waals surface area contributed by atoms with Crippen LogP contribution in [0.1, 0.15) is 22.0 Å². The number of rotatable bonds is 3. The number of carbonyl (C=O) groups is 1. The molecule has 1 aromatic carbocycles. The van der Waals surface area contributed by atoms with Gasteiger partial charge in [0.05, 0.1) is 0 Å². The van der Waals surface area contributed by atoms with Crippen LogP contribution < -0.4 is 0 Å². The second-order valence-corrected chi connectivity index (χ2v) is 3.68. The van der Waals surface area contributed by atoms with Gasteiger partial charge in [0.25, 0.3) is 0 Å². The third-order valence-electron chi connectivity index (χ3n) is 2.53. The second kappa shape index (κ2) is 5.19. The highest BCUT2D eigenvalue weighted by molar-refractivity contribution is 6.01. The summed E-state index contributed by atoms with van der Waals surface area (Å²) in [6, 6.07) is 7.54. The van der Waals surface area contributed by atoms with E-state index in [1.165, 1.54) is 36.7 Å². The average molecular weight is 240 g/mol. The van der Waals surface area contributed by atoms with Gasteiger partial charge in [-0.25, -0.2) is 11.0 Å². The Morgan fingerprint density at radius 1 is 1.17 bits per heavy atom. The zero-order valence-corrected chi connectivity index (χ0v) is 9.38. The van der Waals surface area contributed by atoms with Crippen LogP contribution in [0, 0.1) is 12.4 Å². The molecule has 1 aromatic heterocycles. The Labute approximate surface area is 104 Å². The number of benzene rings is 1. The second-order valence-electron chi connectivity index (χ2n) is 3.68. The van der Waals surface area contributed by atoms with Gasteiger partial charge < -0.3 is 0 Å². The maximum atomic E-state index is 12.8. The van der Waals surface area contributed by atoms with Gasteiger partial charge in [-0.15, -0.1) is 0 Å². The molecule has 0 bridgehead atoms. The van der Waals surface area contributed by atoms with Crippen LogP contribution in [0.2, 0.25) is 0 Å². The number of hydrogen-bond donors (Lipinski definition) is 0. The SMILES string of the molecule is [C-]#[N+]C(C(=O)c1ccc(F)cc1)c1ccncc1. The highest BCUT2D eigenvalue weighted by Gasteiger charge is 2.26. The molecule has 88 valence electrons. The predicted molar refractivity (Wildman–Crippen MR) is 64.3 cm³/mol. The van der Waals surface area contributed by atoms with Crippen LogP contribution in [-0.4, -0.2) is 10.8 Å². The van der Waals surface area contributed by atoms with Gasteiger partial charge in [0, 0.05) is 23.5 Å². The molecule has 0 radical (unpaired) electrons. The molecular formula is C14H9FN2O. The van der Waals surface area contributed by atoms with Crippen LogP contribution in [0.5, 0.6) is 0 Å². The van der Waals surface area contributed by atoms with Crippen molar-refractivity contribution >= 4 is 5.78 Å². The van der Waals surface area contributed by atoms with Gasteiger partial charge in [0.2, 0.25) is 5.78 Å². The van der Waals surface area contributed by atoms with Gasteiger partial charge in [-0.1, -0.05) is 0 Å². The first kappa shape index (κ1) is 11.9. The Balaban J connectivity index is 2.32. The lowest BCUT2D eigenvalue weighted by Crippen LogP contribution is -2.09. The lowest BCUT2D eigenvalue weighted by Gasteiger charge is -2.04. The van der Waals surface area contributed by atoms with Gasteiger partial charge in [0.15, 0.2) is 0 Å². The summed E-state index contributed by atoms with van der Waals surface area (Å²) in [5.41, 5.74) is 0.920. The quantitative estimate of drug-likeness (QED) is 0.610. The predicted octanol–water partition coefficient (Wildman–Crippen LogP) is 3.06. The molecule has 4 heteroatoms. The van der Waals surface area contributed by atoms with E-state index in [4.69, 9.17) is 6.57 Å². The fourth-order valence-electron chi connectivity index (χ4n) is 1.60. The van der Waals surface area contributed by atoms with Gasteiger partial charge in [-0.05, 0) is 36.4 Å². The highest BCUT2D eigenvalue weighted by atomic mass is 19.1. The molecule has 0 amide bonds. The Hall–Kier alpha value is -2.54. The lowest BCUT2D eigenvalue weighted by atomic mass is 9.99. The Bertz CT molecular complexity index is 587. The summed E-state index contributed by atoms with van der Waals surface area (Å²) in [6.45, 7) is 7.13. The normalized spacial score (nSPS) is 11.6. The summed E-state index contributed by atoms with van der Waals surface area (Å²) < 4.78 is 12.8. The van der Waals surface area contributed by atoms with Crippen molar-refractivity contribution < 1.29 is 9.18 Å². The molecule has 1 unspecified atom stereocenters.